The van der Waals surface area contributed by atoms with Crippen LogP contribution in [0.25, 0.3) is 0 Å². The Morgan fingerprint density at radius 3 is 2.71 bits per heavy atom. The van der Waals surface area contributed by atoms with E-state index in [2.05, 4.69) is 31.0 Å². The molecule has 8 nitrogen and oxygen atoms in total. The summed E-state index contributed by atoms with van der Waals surface area (Å²) in [5.41, 5.74) is 0. The summed E-state index contributed by atoms with van der Waals surface area (Å²) in [5, 5.41) is 13.4. The number of aliphatic imine (C=N–C) groups is 1. The lowest BCUT2D eigenvalue weighted by Crippen LogP contribution is -2.41. The molecule has 1 saturated carbocycles. The van der Waals surface area contributed by atoms with Crippen LogP contribution < -0.4 is 16.0 Å². The van der Waals surface area contributed by atoms with Gasteiger partial charge in [-0.05, 0) is 25.7 Å². The van der Waals surface area contributed by atoms with Gasteiger partial charge in [0.2, 0.25) is 5.91 Å². The number of carbonyl (C=O) groups is 1. The van der Waals surface area contributed by atoms with Gasteiger partial charge in [-0.1, -0.05) is 12.8 Å². The molecule has 1 heterocycles. The second-order valence-corrected chi connectivity index (χ2v) is 6.13. The van der Waals surface area contributed by atoms with Gasteiger partial charge in [-0.15, -0.1) is 0 Å². The van der Waals surface area contributed by atoms with Crippen LogP contribution in [-0.4, -0.2) is 46.3 Å². The molecule has 134 valence electrons. The van der Waals surface area contributed by atoms with Crippen molar-refractivity contribution in [3.8, 4) is 0 Å². The van der Waals surface area contributed by atoms with Crippen molar-refractivity contribution in [2.45, 2.75) is 45.6 Å². The first-order valence-electron chi connectivity index (χ1n) is 8.80. The Morgan fingerprint density at radius 2 is 2.04 bits per heavy atom. The van der Waals surface area contributed by atoms with Crippen molar-refractivity contribution in [2.75, 3.05) is 19.6 Å². The maximum absolute atomic E-state index is 11.9. The summed E-state index contributed by atoms with van der Waals surface area (Å²) in [6.45, 7) is 4.49. The minimum Gasteiger partial charge on any atom is -0.357 e. The van der Waals surface area contributed by atoms with Crippen molar-refractivity contribution in [3.05, 3.63) is 12.2 Å². The molecular weight excluding hydrogens is 306 g/mol. The van der Waals surface area contributed by atoms with E-state index >= 15 is 0 Å². The quantitative estimate of drug-likeness (QED) is 0.367. The molecule has 0 radical (unpaired) electrons. The average Bonchev–Trinajstić information content (AvgIpc) is 3.21. The van der Waals surface area contributed by atoms with Crippen molar-refractivity contribution in [1.29, 1.82) is 0 Å². The molecule has 1 aliphatic carbocycles. The van der Waals surface area contributed by atoms with E-state index in [0.29, 0.717) is 37.9 Å². The van der Waals surface area contributed by atoms with Gasteiger partial charge >= 0.3 is 0 Å². The summed E-state index contributed by atoms with van der Waals surface area (Å²) in [6.07, 6.45) is 7.13. The molecule has 2 rings (SSSR count). The lowest BCUT2D eigenvalue weighted by molar-refractivity contribution is -0.121. The maximum Gasteiger partial charge on any atom is 0.220 e. The van der Waals surface area contributed by atoms with Crippen LogP contribution in [0.3, 0.4) is 0 Å². The minimum absolute atomic E-state index is 0.157. The van der Waals surface area contributed by atoms with Gasteiger partial charge in [0.25, 0.3) is 0 Å². The lowest BCUT2D eigenvalue weighted by atomic mass is 10.0. The minimum atomic E-state index is 0.157. The molecule has 24 heavy (non-hydrogen) atoms. The highest BCUT2D eigenvalue weighted by Crippen LogP contribution is 2.27. The molecule has 3 N–H and O–H groups in total. The van der Waals surface area contributed by atoms with E-state index in [0.717, 1.165) is 12.4 Å². The molecule has 1 aromatic heterocycles. The van der Waals surface area contributed by atoms with E-state index in [1.807, 2.05) is 14.0 Å². The third-order valence-corrected chi connectivity index (χ3v) is 4.22. The molecule has 1 aromatic rings. The molecule has 0 unspecified atom stereocenters. The normalized spacial score (nSPS) is 15.5. The predicted molar refractivity (Wildman–Crippen MR) is 93.4 cm³/mol. The van der Waals surface area contributed by atoms with Crippen LogP contribution in [0.2, 0.25) is 0 Å². The fourth-order valence-electron chi connectivity index (χ4n) is 2.89. The largest absolute Gasteiger partial charge is 0.357 e. The topological polar surface area (TPSA) is 96.2 Å². The zero-order valence-electron chi connectivity index (χ0n) is 14.7. The standard InChI is InChI=1S/C16H29N7O/c1-3-17-16(20-11-14-21-12-22-23(14)2)19-9-8-18-15(24)10-13-6-4-5-7-13/h12-13H,3-11H2,1-2H3,(H,18,24)(H2,17,19,20). The third kappa shape index (κ3) is 6.17. The van der Waals surface area contributed by atoms with E-state index in [9.17, 15) is 4.79 Å². The number of guanidine groups is 1. The molecule has 0 aliphatic heterocycles. The van der Waals surface area contributed by atoms with Crippen molar-refractivity contribution in [3.63, 3.8) is 0 Å². The van der Waals surface area contributed by atoms with E-state index in [1.54, 1.807) is 4.68 Å². The molecular formula is C16H29N7O. The van der Waals surface area contributed by atoms with Crippen LogP contribution in [0.1, 0.15) is 44.9 Å². The van der Waals surface area contributed by atoms with Crippen LogP contribution in [0, 0.1) is 5.92 Å². The molecule has 8 heteroatoms. The summed E-state index contributed by atoms with van der Waals surface area (Å²) in [4.78, 5) is 20.5. The van der Waals surface area contributed by atoms with E-state index < -0.39 is 0 Å². The Labute approximate surface area is 143 Å². The zero-order valence-corrected chi connectivity index (χ0v) is 14.7. The lowest BCUT2D eigenvalue weighted by Gasteiger charge is -2.13. The first kappa shape index (κ1) is 18.2. The Hall–Kier alpha value is -2.12. The summed E-state index contributed by atoms with van der Waals surface area (Å²) in [7, 11) is 1.85. The first-order valence-corrected chi connectivity index (χ1v) is 8.80. The smallest absolute Gasteiger partial charge is 0.220 e. The van der Waals surface area contributed by atoms with Gasteiger partial charge in [0.05, 0.1) is 0 Å². The van der Waals surface area contributed by atoms with Crippen LogP contribution in [0.15, 0.2) is 11.3 Å². The SMILES string of the molecule is CCNC(=NCc1ncnn1C)NCCNC(=O)CC1CCCC1. The Kier molecular flexibility index (Phi) is 7.51. The summed E-state index contributed by atoms with van der Waals surface area (Å²) in [6, 6.07) is 0. The highest BCUT2D eigenvalue weighted by molar-refractivity contribution is 5.80. The second kappa shape index (κ2) is 9.89. The fraction of sp³-hybridized carbons (Fsp3) is 0.750. The number of rotatable bonds is 8. The van der Waals surface area contributed by atoms with Crippen LogP contribution in [-0.2, 0) is 18.4 Å². The number of nitrogens with zero attached hydrogens (tertiary/aromatic N) is 4. The molecule has 1 amide bonds. The molecule has 0 atom stereocenters. The Morgan fingerprint density at radius 1 is 1.29 bits per heavy atom. The van der Waals surface area contributed by atoms with E-state index in [4.69, 9.17) is 0 Å². The monoisotopic (exact) mass is 335 g/mol. The summed E-state index contributed by atoms with van der Waals surface area (Å²) < 4.78 is 1.70. The number of nitrogens with one attached hydrogen (secondary N) is 3. The third-order valence-electron chi connectivity index (χ3n) is 4.22. The van der Waals surface area contributed by atoms with Crippen LogP contribution in [0.4, 0.5) is 0 Å². The number of aromatic nitrogens is 3. The maximum atomic E-state index is 11.9. The number of hydrogen-bond acceptors (Lipinski definition) is 4. The highest BCUT2D eigenvalue weighted by Gasteiger charge is 2.17. The van der Waals surface area contributed by atoms with Crippen molar-refractivity contribution < 1.29 is 4.79 Å². The van der Waals surface area contributed by atoms with E-state index in [1.165, 1.54) is 32.0 Å². The number of hydrogen-bond donors (Lipinski definition) is 3. The Bertz CT molecular complexity index is 534. The molecule has 1 aliphatic rings. The van der Waals surface area contributed by atoms with Crippen LogP contribution in [0.5, 0.6) is 0 Å². The molecule has 0 aromatic carbocycles. The van der Waals surface area contributed by atoms with Gasteiger partial charge in [-0.3, -0.25) is 9.48 Å². The second-order valence-electron chi connectivity index (χ2n) is 6.13. The van der Waals surface area contributed by atoms with Gasteiger partial charge in [-0.25, -0.2) is 9.98 Å². The van der Waals surface area contributed by atoms with Crippen LogP contribution >= 0.6 is 0 Å². The van der Waals surface area contributed by atoms with Gasteiger partial charge in [0.15, 0.2) is 5.96 Å². The molecule has 1 fully saturated rings. The average molecular weight is 335 g/mol. The van der Waals surface area contributed by atoms with Crippen molar-refractivity contribution in [1.82, 2.24) is 30.7 Å². The van der Waals surface area contributed by atoms with Gasteiger partial charge in [0, 0.05) is 33.1 Å². The first-order chi connectivity index (χ1) is 11.7. The highest BCUT2D eigenvalue weighted by atomic mass is 16.1. The zero-order chi connectivity index (χ0) is 17.2. The number of carbonyl (C=O) groups excluding carboxylic acids is 1. The summed E-state index contributed by atoms with van der Waals surface area (Å²) >= 11 is 0. The van der Waals surface area contributed by atoms with Crippen molar-refractivity contribution in [2.24, 2.45) is 18.0 Å². The molecule has 0 spiro atoms. The van der Waals surface area contributed by atoms with Gasteiger partial charge < -0.3 is 16.0 Å². The van der Waals surface area contributed by atoms with E-state index in [-0.39, 0.29) is 5.91 Å². The van der Waals surface area contributed by atoms with Gasteiger partial charge in [0.1, 0.15) is 18.7 Å². The predicted octanol–water partition coefficient (Wildman–Crippen LogP) is 0.567. The number of amides is 1. The number of aryl methyl sites for hydroxylation is 1. The van der Waals surface area contributed by atoms with Crippen molar-refractivity contribution >= 4 is 11.9 Å². The van der Waals surface area contributed by atoms with Gasteiger partial charge in [-0.2, -0.15) is 5.10 Å². The Balaban J connectivity index is 1.67. The summed E-state index contributed by atoms with van der Waals surface area (Å²) in [5.74, 6) is 2.26. The molecule has 0 saturated heterocycles. The molecule has 0 bridgehead atoms. The fourth-order valence-corrected chi connectivity index (χ4v) is 2.89.